The zero-order chi connectivity index (χ0) is 41.1. The Morgan fingerprint density at radius 1 is 0.536 bits per heavy atom. The van der Waals surface area contributed by atoms with E-state index >= 15 is 4.79 Å². The van der Waals surface area contributed by atoms with Crippen molar-refractivity contribution in [2.24, 2.45) is 46.8 Å². The van der Waals surface area contributed by atoms with Crippen molar-refractivity contribution in [1.82, 2.24) is 0 Å². The molecule has 3 aliphatic carbocycles. The maximum absolute atomic E-state index is 15.2. The number of fused-ring (bicyclic) bond motifs is 1. The molecule has 0 aromatic carbocycles. The van der Waals surface area contributed by atoms with Gasteiger partial charge in [0, 0.05) is 5.57 Å². The van der Waals surface area contributed by atoms with E-state index in [2.05, 4.69) is 88.3 Å². The first kappa shape index (κ1) is 49.0. The van der Waals surface area contributed by atoms with E-state index in [0.29, 0.717) is 17.6 Å². The fourth-order valence-electron chi connectivity index (χ4n) is 10.9. The normalized spacial score (nSPS) is 21.6. The Labute approximate surface area is 351 Å². The summed E-state index contributed by atoms with van der Waals surface area (Å²) in [6, 6.07) is 0. The average Bonchev–Trinajstić information content (AvgIpc) is 3.76. The first-order valence-electron chi connectivity index (χ1n) is 25.2. The fraction of sp³-hybridized carbons (Fsp3) is 0.836. The van der Waals surface area contributed by atoms with Gasteiger partial charge in [0.15, 0.2) is 5.78 Å². The van der Waals surface area contributed by atoms with Crippen molar-refractivity contribution in [2.75, 3.05) is 0 Å². The van der Waals surface area contributed by atoms with Crippen LogP contribution in [0.2, 0.25) is 0 Å². The number of allylic oxidation sites excluding steroid dienone is 8. The topological polar surface area (TPSA) is 17.1 Å². The van der Waals surface area contributed by atoms with Gasteiger partial charge in [0.1, 0.15) is 0 Å². The first-order chi connectivity index (χ1) is 26.8. The Hall–Kier alpha value is -1.37. The Morgan fingerprint density at radius 3 is 1.79 bits per heavy atom. The monoisotopic (exact) mass is 773 g/mol. The molecule has 0 fully saturated rings. The zero-order valence-electron chi connectivity index (χ0n) is 39.7. The molecule has 56 heavy (non-hydrogen) atoms. The summed E-state index contributed by atoms with van der Waals surface area (Å²) in [5.41, 5.74) is 8.01. The van der Waals surface area contributed by atoms with Crippen molar-refractivity contribution in [2.45, 2.75) is 250 Å². The van der Waals surface area contributed by atoms with E-state index in [1.54, 1.807) is 5.57 Å². The van der Waals surface area contributed by atoms with E-state index in [9.17, 15) is 0 Å². The minimum atomic E-state index is -0.343. The second-order valence-corrected chi connectivity index (χ2v) is 21.0. The Morgan fingerprint density at radius 2 is 1.11 bits per heavy atom. The number of unbranched alkanes of at least 4 members (excludes halogenated alkanes) is 6. The van der Waals surface area contributed by atoms with E-state index in [-0.39, 0.29) is 5.41 Å². The predicted octanol–water partition coefficient (Wildman–Crippen LogP) is 18.1. The largest absolute Gasteiger partial charge is 0.293 e. The van der Waals surface area contributed by atoms with Crippen molar-refractivity contribution >= 4 is 5.78 Å². The molecule has 7 atom stereocenters. The summed E-state index contributed by atoms with van der Waals surface area (Å²) in [6.45, 7) is 26.4. The van der Waals surface area contributed by atoms with Gasteiger partial charge < -0.3 is 0 Å². The molecule has 1 heteroatoms. The molecule has 0 bridgehead atoms. The lowest BCUT2D eigenvalue weighted by atomic mass is 9.61. The van der Waals surface area contributed by atoms with Gasteiger partial charge in [-0.05, 0) is 111 Å². The molecule has 1 nitrogen and oxygen atoms in total. The number of ketones is 1. The van der Waals surface area contributed by atoms with Gasteiger partial charge in [0.25, 0.3) is 0 Å². The van der Waals surface area contributed by atoms with Crippen LogP contribution in [-0.2, 0) is 4.79 Å². The molecular weight excluding hydrogens is 677 g/mol. The third kappa shape index (κ3) is 15.7. The molecule has 0 saturated carbocycles. The number of rotatable bonds is 32. The highest BCUT2D eigenvalue weighted by Gasteiger charge is 2.49. The van der Waals surface area contributed by atoms with E-state index in [4.69, 9.17) is 0 Å². The summed E-state index contributed by atoms with van der Waals surface area (Å²) in [6.07, 6.45) is 40.1. The summed E-state index contributed by atoms with van der Waals surface area (Å²) in [5.74, 6) is 6.01. The van der Waals surface area contributed by atoms with Gasteiger partial charge in [0.2, 0.25) is 0 Å². The van der Waals surface area contributed by atoms with Crippen molar-refractivity contribution in [3.63, 3.8) is 0 Å². The molecular formula is C55H96O. The number of carbonyl (C=O) groups is 1. The minimum absolute atomic E-state index is 0.343. The number of carbonyl (C=O) groups excluding carboxylic acids is 1. The first-order valence-corrected chi connectivity index (χ1v) is 25.2. The molecule has 0 saturated heterocycles. The van der Waals surface area contributed by atoms with Crippen molar-refractivity contribution in [3.8, 4) is 0 Å². The Kier molecular flexibility index (Phi) is 22.7. The SMILES string of the molecule is CCCCCCCC(CCC1(CCC(C)CCCC(C)CCCC(C)C)C(=O)C2=C(CC(C)=C2)C2=C1C=C(C)C2)C(C)CCC(CCCCC)CCC(C)CC. The van der Waals surface area contributed by atoms with Crippen molar-refractivity contribution in [3.05, 3.63) is 45.6 Å². The van der Waals surface area contributed by atoms with E-state index in [1.807, 2.05) is 0 Å². The van der Waals surface area contributed by atoms with Crippen LogP contribution in [0.1, 0.15) is 250 Å². The second kappa shape index (κ2) is 26.0. The zero-order valence-corrected chi connectivity index (χ0v) is 39.7. The molecule has 3 rings (SSSR count). The highest BCUT2D eigenvalue weighted by atomic mass is 16.1. The smallest absolute Gasteiger partial charge is 0.173 e. The van der Waals surface area contributed by atoms with Crippen LogP contribution >= 0.6 is 0 Å². The summed E-state index contributed by atoms with van der Waals surface area (Å²) < 4.78 is 0. The maximum atomic E-state index is 15.2. The molecule has 0 aliphatic heterocycles. The summed E-state index contributed by atoms with van der Waals surface area (Å²) in [7, 11) is 0. The van der Waals surface area contributed by atoms with E-state index in [0.717, 1.165) is 60.8 Å². The quantitative estimate of drug-likeness (QED) is 0.0623. The second-order valence-electron chi connectivity index (χ2n) is 21.0. The lowest BCUT2D eigenvalue weighted by Gasteiger charge is -2.40. The average molecular weight is 773 g/mol. The van der Waals surface area contributed by atoms with Crippen molar-refractivity contribution in [1.29, 1.82) is 0 Å². The molecule has 0 heterocycles. The molecule has 0 N–H and O–H groups in total. The van der Waals surface area contributed by atoms with Gasteiger partial charge in [-0.3, -0.25) is 4.79 Å². The van der Waals surface area contributed by atoms with Gasteiger partial charge in [-0.1, -0.05) is 220 Å². The van der Waals surface area contributed by atoms with Crippen LogP contribution < -0.4 is 0 Å². The molecule has 0 aromatic rings. The van der Waals surface area contributed by atoms with Gasteiger partial charge in [-0.25, -0.2) is 0 Å². The number of hydrogen-bond acceptors (Lipinski definition) is 1. The van der Waals surface area contributed by atoms with Crippen LogP contribution in [0.3, 0.4) is 0 Å². The van der Waals surface area contributed by atoms with Crippen LogP contribution in [0.5, 0.6) is 0 Å². The lowest BCUT2D eigenvalue weighted by Crippen LogP contribution is -2.38. The standard InChI is InChI=1S/C55H96O/c1-12-15-17-18-20-28-49(47(11)30-32-48(27-19-16-13-2)31-29-42(6)14-3)34-36-55(35-33-44(8)26-22-25-43(7)24-21-23-41(4)5)53-40-46(10)38-51(53)50-37-45(9)39-52(50)54(55)56/h39-44,47-49H,12-38H2,1-11H3. The maximum Gasteiger partial charge on any atom is 0.173 e. The molecule has 3 aliphatic rings. The Bertz CT molecular complexity index is 1270. The summed E-state index contributed by atoms with van der Waals surface area (Å²) in [5, 5.41) is 0. The minimum Gasteiger partial charge on any atom is -0.293 e. The molecule has 7 unspecified atom stereocenters. The number of hydrogen-bond donors (Lipinski definition) is 0. The molecule has 322 valence electrons. The van der Waals surface area contributed by atoms with Gasteiger partial charge in [-0.15, -0.1) is 0 Å². The summed E-state index contributed by atoms with van der Waals surface area (Å²) in [4.78, 5) is 15.2. The molecule has 0 radical (unpaired) electrons. The highest BCUT2D eigenvalue weighted by molar-refractivity contribution is 6.09. The highest BCUT2D eigenvalue weighted by Crippen LogP contribution is 2.56. The van der Waals surface area contributed by atoms with E-state index in [1.165, 1.54) is 170 Å². The third-order valence-electron chi connectivity index (χ3n) is 15.3. The Balaban J connectivity index is 1.81. The molecule has 0 amide bonds. The van der Waals surface area contributed by atoms with Crippen LogP contribution in [0.25, 0.3) is 0 Å². The summed E-state index contributed by atoms with van der Waals surface area (Å²) >= 11 is 0. The predicted molar refractivity (Wildman–Crippen MR) is 249 cm³/mol. The van der Waals surface area contributed by atoms with Gasteiger partial charge in [0.05, 0.1) is 5.41 Å². The van der Waals surface area contributed by atoms with Crippen LogP contribution in [0.4, 0.5) is 0 Å². The fourth-order valence-corrected chi connectivity index (χ4v) is 10.9. The lowest BCUT2D eigenvalue weighted by molar-refractivity contribution is -0.124. The molecule has 0 aromatic heterocycles. The van der Waals surface area contributed by atoms with Crippen LogP contribution in [0, 0.1) is 46.8 Å². The van der Waals surface area contributed by atoms with Crippen LogP contribution in [-0.4, -0.2) is 5.78 Å². The molecule has 0 spiro atoms. The van der Waals surface area contributed by atoms with Gasteiger partial charge in [-0.2, -0.15) is 0 Å². The van der Waals surface area contributed by atoms with Gasteiger partial charge >= 0.3 is 0 Å². The van der Waals surface area contributed by atoms with Crippen LogP contribution in [0.15, 0.2) is 45.6 Å². The third-order valence-corrected chi connectivity index (χ3v) is 15.3. The van der Waals surface area contributed by atoms with Crippen molar-refractivity contribution < 1.29 is 4.79 Å². The number of Topliss-reactive ketones (excluding diaryl/α,β-unsaturated/α-hetero) is 1. The van der Waals surface area contributed by atoms with E-state index < -0.39 is 0 Å².